The minimum absolute atomic E-state index is 0.0306. The molecule has 3 N–H and O–H groups in total. The van der Waals surface area contributed by atoms with Gasteiger partial charge in [0, 0.05) is 12.8 Å². The largest absolute Gasteiger partial charge is 0.466 e. The smallest absolute Gasteiger partial charge is 0.305 e. The van der Waals surface area contributed by atoms with Gasteiger partial charge in [-0.25, -0.2) is 0 Å². The Kier molecular flexibility index (Phi) is 52.6. The average Bonchev–Trinajstić information content (AvgIpc) is 3.31. The van der Waals surface area contributed by atoms with Gasteiger partial charge in [-0.3, -0.25) is 9.59 Å². The lowest BCUT2D eigenvalue weighted by molar-refractivity contribution is -0.143. The zero-order chi connectivity index (χ0) is 47.2. The van der Waals surface area contributed by atoms with Crippen LogP contribution in [0.2, 0.25) is 0 Å². The minimum Gasteiger partial charge on any atom is -0.466 e. The number of rotatable bonds is 52. The van der Waals surface area contributed by atoms with Crippen LogP contribution in [0.25, 0.3) is 0 Å². The maximum atomic E-state index is 12.5. The first kappa shape index (κ1) is 62.8. The van der Waals surface area contributed by atoms with Gasteiger partial charge in [0.15, 0.2) is 0 Å². The lowest BCUT2D eigenvalue weighted by Gasteiger charge is -2.20. The quantitative estimate of drug-likeness (QED) is 0.0245. The Bertz CT molecular complexity index is 1100. The summed E-state index contributed by atoms with van der Waals surface area (Å²) in [7, 11) is 0. The number of aliphatic hydroxyl groups excluding tert-OH is 2. The molecule has 0 rings (SSSR count). The molecular formula is C59H109NO5. The Morgan fingerprint density at radius 2 is 0.769 bits per heavy atom. The van der Waals surface area contributed by atoms with Gasteiger partial charge in [0.25, 0.3) is 0 Å². The number of carbonyl (C=O) groups excluding carboxylic acids is 2. The first-order valence-corrected chi connectivity index (χ1v) is 28.4. The first-order chi connectivity index (χ1) is 32.0. The van der Waals surface area contributed by atoms with Crippen LogP contribution >= 0.6 is 0 Å². The van der Waals surface area contributed by atoms with Crippen LogP contribution in [-0.2, 0) is 14.3 Å². The van der Waals surface area contributed by atoms with E-state index in [9.17, 15) is 19.8 Å². The molecule has 0 aliphatic heterocycles. The SMILES string of the molecule is CCCCCCCCC/C=C\CCCCCCCC(=O)OCCCCC/C=C\C=C/CCCCCCCCC(=O)NC(CO)C(O)/C=C/CCCCCCCCCCCCCCCCC. The molecule has 6 nitrogen and oxygen atoms in total. The second-order valence-electron chi connectivity index (χ2n) is 19.3. The highest BCUT2D eigenvalue weighted by molar-refractivity contribution is 5.76. The normalized spacial score (nSPS) is 13.0. The Morgan fingerprint density at radius 3 is 1.18 bits per heavy atom. The predicted molar refractivity (Wildman–Crippen MR) is 282 cm³/mol. The molecule has 1 amide bonds. The Hall–Kier alpha value is -2.18. The van der Waals surface area contributed by atoms with Gasteiger partial charge >= 0.3 is 5.97 Å². The first-order valence-electron chi connectivity index (χ1n) is 28.4. The van der Waals surface area contributed by atoms with Crippen molar-refractivity contribution in [2.24, 2.45) is 0 Å². The third-order valence-electron chi connectivity index (χ3n) is 12.8. The molecule has 0 aromatic carbocycles. The van der Waals surface area contributed by atoms with Crippen molar-refractivity contribution in [3.63, 3.8) is 0 Å². The summed E-state index contributed by atoms with van der Waals surface area (Å²) in [5.41, 5.74) is 0. The van der Waals surface area contributed by atoms with E-state index in [1.807, 2.05) is 6.08 Å². The number of allylic oxidation sites excluding steroid dienone is 7. The zero-order valence-electron chi connectivity index (χ0n) is 43.2. The predicted octanol–water partition coefficient (Wildman–Crippen LogP) is 17.4. The van der Waals surface area contributed by atoms with Gasteiger partial charge in [-0.05, 0) is 89.9 Å². The van der Waals surface area contributed by atoms with E-state index in [2.05, 4.69) is 55.6 Å². The van der Waals surface area contributed by atoms with Crippen molar-refractivity contribution in [2.75, 3.05) is 13.2 Å². The van der Waals surface area contributed by atoms with Crippen molar-refractivity contribution in [1.29, 1.82) is 0 Å². The fourth-order valence-corrected chi connectivity index (χ4v) is 8.44. The summed E-state index contributed by atoms with van der Waals surface area (Å²) in [5.74, 6) is -0.121. The molecule has 0 aromatic rings. The number of amides is 1. The molecule has 0 saturated carbocycles. The molecule has 65 heavy (non-hydrogen) atoms. The van der Waals surface area contributed by atoms with Crippen molar-refractivity contribution in [2.45, 2.75) is 302 Å². The monoisotopic (exact) mass is 912 g/mol. The van der Waals surface area contributed by atoms with Crippen LogP contribution in [0.4, 0.5) is 0 Å². The molecule has 380 valence electrons. The minimum atomic E-state index is -0.860. The van der Waals surface area contributed by atoms with Crippen molar-refractivity contribution >= 4 is 11.9 Å². The van der Waals surface area contributed by atoms with Gasteiger partial charge in [0.05, 0.1) is 25.4 Å². The van der Waals surface area contributed by atoms with Crippen molar-refractivity contribution in [1.82, 2.24) is 5.32 Å². The molecule has 2 unspecified atom stereocenters. The highest BCUT2D eigenvalue weighted by Gasteiger charge is 2.18. The standard InChI is InChI=1S/C59H109NO5/c1-3-5-7-9-11-13-15-17-19-21-23-27-31-35-39-43-47-51-57(62)56(55-61)60-58(63)52-48-44-40-36-32-28-24-22-26-30-34-38-42-46-50-54-65-59(64)53-49-45-41-37-33-29-25-20-18-16-14-12-10-8-6-4-2/h20,22,25-26,30,34,47,51,56-57,61-62H,3-19,21,23-24,27-29,31-33,35-46,48-50,52-55H2,1-2H3,(H,60,63)/b25-20-,26-22-,34-30-,51-47+. The van der Waals surface area contributed by atoms with E-state index >= 15 is 0 Å². The number of esters is 1. The number of ether oxygens (including phenoxy) is 1. The third kappa shape index (κ3) is 51.1. The summed E-state index contributed by atoms with van der Waals surface area (Å²) >= 11 is 0. The topological polar surface area (TPSA) is 95.9 Å². The maximum Gasteiger partial charge on any atom is 0.305 e. The maximum absolute atomic E-state index is 12.5. The number of aliphatic hydroxyl groups is 2. The van der Waals surface area contributed by atoms with Gasteiger partial charge in [0.2, 0.25) is 5.91 Å². The van der Waals surface area contributed by atoms with E-state index in [0.717, 1.165) is 77.0 Å². The molecule has 0 fully saturated rings. The summed E-state index contributed by atoms with van der Waals surface area (Å²) in [4.78, 5) is 24.5. The van der Waals surface area contributed by atoms with Crippen LogP contribution < -0.4 is 5.32 Å². The molecule has 0 radical (unpaired) electrons. The van der Waals surface area contributed by atoms with Crippen molar-refractivity contribution < 1.29 is 24.5 Å². The molecular weight excluding hydrogens is 803 g/mol. The van der Waals surface area contributed by atoms with E-state index in [4.69, 9.17) is 4.74 Å². The molecule has 0 heterocycles. The van der Waals surface area contributed by atoms with Gasteiger partial charge in [-0.15, -0.1) is 0 Å². The molecule has 0 bridgehead atoms. The summed E-state index contributed by atoms with van der Waals surface area (Å²) < 4.78 is 5.45. The summed E-state index contributed by atoms with van der Waals surface area (Å²) in [6, 6.07) is -0.646. The zero-order valence-corrected chi connectivity index (χ0v) is 43.2. The molecule has 2 atom stereocenters. The van der Waals surface area contributed by atoms with E-state index in [0.29, 0.717) is 19.4 Å². The lowest BCUT2D eigenvalue weighted by Crippen LogP contribution is -2.45. The molecule has 0 aliphatic carbocycles. The molecule has 0 spiro atoms. The van der Waals surface area contributed by atoms with E-state index in [1.54, 1.807) is 6.08 Å². The number of unbranched alkanes of at least 4 members (excludes halogenated alkanes) is 36. The fourth-order valence-electron chi connectivity index (χ4n) is 8.44. The van der Waals surface area contributed by atoms with Crippen LogP contribution in [0.15, 0.2) is 48.6 Å². The summed E-state index contributed by atoms with van der Waals surface area (Å²) in [5, 5.41) is 23.1. The highest BCUT2D eigenvalue weighted by Crippen LogP contribution is 2.16. The van der Waals surface area contributed by atoms with E-state index in [1.165, 1.54) is 186 Å². The number of hydrogen-bond acceptors (Lipinski definition) is 5. The highest BCUT2D eigenvalue weighted by atomic mass is 16.5. The third-order valence-corrected chi connectivity index (χ3v) is 12.8. The van der Waals surface area contributed by atoms with Crippen molar-refractivity contribution in [3.05, 3.63) is 48.6 Å². The Labute approximate surface area is 404 Å². The summed E-state index contributed by atoms with van der Waals surface area (Å²) in [6.45, 7) is 4.84. The van der Waals surface area contributed by atoms with Crippen LogP contribution in [0.3, 0.4) is 0 Å². The van der Waals surface area contributed by atoms with E-state index < -0.39 is 12.1 Å². The molecule has 6 heteroatoms. The van der Waals surface area contributed by atoms with Crippen LogP contribution in [0.5, 0.6) is 0 Å². The molecule has 0 saturated heterocycles. The second-order valence-corrected chi connectivity index (χ2v) is 19.3. The second kappa shape index (κ2) is 54.4. The average molecular weight is 913 g/mol. The van der Waals surface area contributed by atoms with Gasteiger partial charge in [-0.2, -0.15) is 0 Å². The van der Waals surface area contributed by atoms with E-state index in [-0.39, 0.29) is 18.5 Å². The Balaban J connectivity index is 3.56. The summed E-state index contributed by atoms with van der Waals surface area (Å²) in [6.07, 6.45) is 68.4. The van der Waals surface area contributed by atoms with Crippen molar-refractivity contribution in [3.8, 4) is 0 Å². The van der Waals surface area contributed by atoms with Crippen LogP contribution in [-0.4, -0.2) is 47.4 Å². The van der Waals surface area contributed by atoms with Gasteiger partial charge in [-0.1, -0.05) is 236 Å². The molecule has 0 aliphatic rings. The van der Waals surface area contributed by atoms with Crippen LogP contribution in [0, 0.1) is 0 Å². The number of carbonyl (C=O) groups is 2. The fraction of sp³-hybridized carbons (Fsp3) is 0.831. The Morgan fingerprint density at radius 1 is 0.431 bits per heavy atom. The van der Waals surface area contributed by atoms with Gasteiger partial charge < -0.3 is 20.3 Å². The van der Waals surface area contributed by atoms with Crippen LogP contribution in [0.1, 0.15) is 290 Å². The van der Waals surface area contributed by atoms with Gasteiger partial charge in [0.1, 0.15) is 0 Å². The molecule has 0 aromatic heterocycles. The number of hydrogen-bond donors (Lipinski definition) is 3. The number of nitrogens with one attached hydrogen (secondary N) is 1. The lowest BCUT2D eigenvalue weighted by atomic mass is 10.0.